The number of nitrogens with one attached hydrogen (secondary N) is 1. The molecule has 1 amide bonds. The molecule has 0 radical (unpaired) electrons. The molecular formula is C23H23N5O2. The van der Waals surface area contributed by atoms with Gasteiger partial charge in [-0.2, -0.15) is 0 Å². The minimum atomic E-state index is -0.477. The van der Waals surface area contributed by atoms with E-state index in [4.69, 9.17) is 4.74 Å². The van der Waals surface area contributed by atoms with Crippen molar-refractivity contribution in [3.63, 3.8) is 0 Å². The van der Waals surface area contributed by atoms with Gasteiger partial charge in [0.1, 0.15) is 17.6 Å². The Hall–Kier alpha value is -3.74. The normalized spacial score (nSPS) is 12.0. The first kappa shape index (κ1) is 19.6. The number of aromatic nitrogens is 4. The van der Waals surface area contributed by atoms with Gasteiger partial charge in [-0.15, -0.1) is 0 Å². The molecule has 0 saturated heterocycles. The summed E-state index contributed by atoms with van der Waals surface area (Å²) in [6.07, 6.45) is 3.56. The number of imidazole rings is 1. The van der Waals surface area contributed by atoms with E-state index in [1.807, 2.05) is 62.0 Å². The van der Waals surface area contributed by atoms with Crippen molar-refractivity contribution in [1.29, 1.82) is 0 Å². The summed E-state index contributed by atoms with van der Waals surface area (Å²) in [6.45, 7) is 3.83. The Bertz CT molecular complexity index is 1230. The van der Waals surface area contributed by atoms with Gasteiger partial charge in [0.25, 0.3) is 5.91 Å². The first-order chi connectivity index (χ1) is 14.5. The molecule has 0 saturated carbocycles. The van der Waals surface area contributed by atoms with E-state index in [0.29, 0.717) is 22.7 Å². The highest BCUT2D eigenvalue weighted by Gasteiger charge is 2.24. The van der Waals surface area contributed by atoms with Gasteiger partial charge in [-0.25, -0.2) is 15.0 Å². The van der Waals surface area contributed by atoms with E-state index < -0.39 is 6.04 Å². The number of carbonyl (C=O) groups excluding carboxylic acids is 1. The predicted octanol–water partition coefficient (Wildman–Crippen LogP) is 3.51. The molecule has 0 aliphatic carbocycles. The summed E-state index contributed by atoms with van der Waals surface area (Å²) in [5.41, 5.74) is 4.52. The van der Waals surface area contributed by atoms with Crippen LogP contribution in [0.5, 0.6) is 5.75 Å². The Morgan fingerprint density at radius 1 is 1.07 bits per heavy atom. The predicted molar refractivity (Wildman–Crippen MR) is 115 cm³/mol. The van der Waals surface area contributed by atoms with Crippen LogP contribution in [0.15, 0.2) is 54.9 Å². The van der Waals surface area contributed by atoms with Gasteiger partial charge in [-0.3, -0.25) is 4.79 Å². The van der Waals surface area contributed by atoms with Crippen molar-refractivity contribution in [2.24, 2.45) is 7.05 Å². The van der Waals surface area contributed by atoms with Crippen LogP contribution < -0.4 is 10.1 Å². The Morgan fingerprint density at radius 3 is 2.50 bits per heavy atom. The van der Waals surface area contributed by atoms with Crippen molar-refractivity contribution in [3.8, 4) is 5.75 Å². The van der Waals surface area contributed by atoms with E-state index in [1.165, 1.54) is 0 Å². The summed E-state index contributed by atoms with van der Waals surface area (Å²) in [7, 11) is 3.51. The summed E-state index contributed by atoms with van der Waals surface area (Å²) in [6, 6.07) is 12.5. The molecule has 152 valence electrons. The van der Waals surface area contributed by atoms with Crippen LogP contribution in [0.2, 0.25) is 0 Å². The summed E-state index contributed by atoms with van der Waals surface area (Å²) >= 11 is 0. The lowest BCUT2D eigenvalue weighted by Gasteiger charge is -2.21. The zero-order valence-corrected chi connectivity index (χ0v) is 17.4. The minimum absolute atomic E-state index is 0.226. The molecule has 4 aromatic rings. The van der Waals surface area contributed by atoms with E-state index in [9.17, 15) is 4.79 Å². The fraction of sp³-hybridized carbons (Fsp3) is 0.217. The van der Waals surface area contributed by atoms with E-state index >= 15 is 0 Å². The molecule has 0 aliphatic heterocycles. The van der Waals surface area contributed by atoms with Gasteiger partial charge in [0, 0.05) is 30.6 Å². The quantitative estimate of drug-likeness (QED) is 0.553. The molecule has 2 aromatic heterocycles. The van der Waals surface area contributed by atoms with E-state index in [0.717, 1.165) is 22.5 Å². The van der Waals surface area contributed by atoms with E-state index in [2.05, 4.69) is 20.3 Å². The van der Waals surface area contributed by atoms with Crippen LogP contribution in [-0.2, 0) is 7.05 Å². The van der Waals surface area contributed by atoms with Gasteiger partial charge >= 0.3 is 0 Å². The average molecular weight is 401 g/mol. The van der Waals surface area contributed by atoms with Crippen LogP contribution in [0.1, 0.15) is 39.2 Å². The number of amides is 1. The number of nitrogens with zero attached hydrogens (tertiary/aromatic N) is 4. The number of benzene rings is 2. The van der Waals surface area contributed by atoms with Gasteiger partial charge in [0.05, 0.1) is 29.5 Å². The van der Waals surface area contributed by atoms with Gasteiger partial charge in [0.2, 0.25) is 0 Å². The second-order valence-electron chi connectivity index (χ2n) is 7.14. The van der Waals surface area contributed by atoms with Gasteiger partial charge < -0.3 is 14.6 Å². The topological polar surface area (TPSA) is 81.9 Å². The van der Waals surface area contributed by atoms with Crippen LogP contribution in [0.4, 0.5) is 0 Å². The first-order valence-corrected chi connectivity index (χ1v) is 9.64. The molecule has 0 fully saturated rings. The molecule has 30 heavy (non-hydrogen) atoms. The maximum Gasteiger partial charge on any atom is 0.252 e. The maximum atomic E-state index is 13.2. The largest absolute Gasteiger partial charge is 0.496 e. The molecule has 1 atom stereocenters. The van der Waals surface area contributed by atoms with E-state index in [-0.39, 0.29) is 5.91 Å². The van der Waals surface area contributed by atoms with Crippen molar-refractivity contribution in [3.05, 3.63) is 83.2 Å². The van der Waals surface area contributed by atoms with Gasteiger partial charge in [-0.1, -0.05) is 18.2 Å². The fourth-order valence-corrected chi connectivity index (χ4v) is 3.43. The minimum Gasteiger partial charge on any atom is -0.496 e. The highest BCUT2D eigenvalue weighted by atomic mass is 16.5. The monoisotopic (exact) mass is 401 g/mol. The third-order valence-corrected chi connectivity index (χ3v) is 5.18. The summed E-state index contributed by atoms with van der Waals surface area (Å²) in [5, 5.41) is 3.11. The number of para-hydroxylation sites is 1. The molecule has 4 rings (SSSR count). The number of hydrogen-bond acceptors (Lipinski definition) is 5. The zero-order valence-electron chi connectivity index (χ0n) is 17.4. The first-order valence-electron chi connectivity index (χ1n) is 9.64. The lowest BCUT2D eigenvalue weighted by Crippen LogP contribution is -2.31. The highest BCUT2D eigenvalue weighted by molar-refractivity contribution is 5.97. The molecule has 7 heteroatoms. The number of rotatable bonds is 5. The molecule has 0 spiro atoms. The number of aryl methyl sites for hydroxylation is 3. The van der Waals surface area contributed by atoms with Crippen LogP contribution in [-0.4, -0.2) is 32.5 Å². The molecular weight excluding hydrogens is 378 g/mol. The lowest BCUT2D eigenvalue weighted by atomic mass is 10.0. The number of fused-ring (bicyclic) bond motifs is 1. The molecule has 2 heterocycles. The number of methoxy groups -OCH3 is 1. The number of ether oxygens (including phenoxy) is 1. The van der Waals surface area contributed by atoms with Crippen LogP contribution in [0.3, 0.4) is 0 Å². The second-order valence-corrected chi connectivity index (χ2v) is 7.14. The van der Waals surface area contributed by atoms with E-state index in [1.54, 1.807) is 25.4 Å². The number of hydrogen-bond donors (Lipinski definition) is 1. The standard InChI is InChI=1S/C23H23N5O2/c1-14-15(2)26-19-13-16(9-10-18(19)25-14)23(29)27-21(22-24-11-12-28(22)3)17-7-5-6-8-20(17)30-4/h5-13,21H,1-4H3,(H,27,29)/t21-/m0/s1. The number of carbonyl (C=O) groups is 1. The summed E-state index contributed by atoms with van der Waals surface area (Å²) in [5.74, 6) is 1.16. The Labute approximate surface area is 174 Å². The molecule has 1 N–H and O–H groups in total. The van der Waals surface area contributed by atoms with Crippen molar-refractivity contribution in [1.82, 2.24) is 24.8 Å². The molecule has 7 nitrogen and oxygen atoms in total. The maximum absolute atomic E-state index is 13.2. The van der Waals surface area contributed by atoms with Crippen LogP contribution >= 0.6 is 0 Å². The third kappa shape index (κ3) is 3.61. The Morgan fingerprint density at radius 2 is 1.80 bits per heavy atom. The fourth-order valence-electron chi connectivity index (χ4n) is 3.43. The highest BCUT2D eigenvalue weighted by Crippen LogP contribution is 2.29. The van der Waals surface area contributed by atoms with Gasteiger partial charge in [0.15, 0.2) is 0 Å². The molecule has 0 bridgehead atoms. The Balaban J connectivity index is 1.73. The van der Waals surface area contributed by atoms with Crippen LogP contribution in [0.25, 0.3) is 11.0 Å². The smallest absolute Gasteiger partial charge is 0.252 e. The molecule has 2 aromatic carbocycles. The van der Waals surface area contributed by atoms with Crippen molar-refractivity contribution < 1.29 is 9.53 Å². The lowest BCUT2D eigenvalue weighted by molar-refractivity contribution is 0.0941. The summed E-state index contributed by atoms with van der Waals surface area (Å²) in [4.78, 5) is 26.8. The third-order valence-electron chi connectivity index (χ3n) is 5.18. The Kier molecular flexibility index (Phi) is 5.18. The van der Waals surface area contributed by atoms with Crippen molar-refractivity contribution >= 4 is 16.9 Å². The average Bonchev–Trinajstić information content (AvgIpc) is 3.18. The SMILES string of the molecule is COc1ccccc1[C@H](NC(=O)c1ccc2nc(C)c(C)nc2c1)c1nccn1C. The molecule has 0 unspecified atom stereocenters. The van der Waals surface area contributed by atoms with Gasteiger partial charge in [-0.05, 0) is 38.1 Å². The van der Waals surface area contributed by atoms with Crippen LogP contribution in [0, 0.1) is 13.8 Å². The second kappa shape index (κ2) is 7.94. The molecule has 0 aliphatic rings. The van der Waals surface area contributed by atoms with Crippen molar-refractivity contribution in [2.75, 3.05) is 7.11 Å². The summed E-state index contributed by atoms with van der Waals surface area (Å²) < 4.78 is 7.41. The zero-order chi connectivity index (χ0) is 21.3. The van der Waals surface area contributed by atoms with Crippen molar-refractivity contribution in [2.45, 2.75) is 19.9 Å².